The summed E-state index contributed by atoms with van der Waals surface area (Å²) in [5.74, 6) is -4.98. The molecule has 11 heteroatoms. The van der Waals surface area contributed by atoms with Gasteiger partial charge in [-0.2, -0.15) is 0 Å². The third-order valence-corrected chi connectivity index (χ3v) is 11.6. The largest absolute Gasteiger partial charge is 0.507 e. The molecule has 4 amide bonds. The maximum absolute atomic E-state index is 13.9. The number of phenols is 1. The summed E-state index contributed by atoms with van der Waals surface area (Å²) in [6, 6.07) is 8.90. The van der Waals surface area contributed by atoms with Crippen molar-refractivity contribution >= 4 is 74.1 Å². The molecule has 0 spiro atoms. The first-order chi connectivity index (χ1) is 19.1. The lowest BCUT2D eigenvalue weighted by molar-refractivity contribution is -0.141. The van der Waals surface area contributed by atoms with Crippen LogP contribution in [0.5, 0.6) is 5.75 Å². The van der Waals surface area contributed by atoms with Crippen molar-refractivity contribution < 1.29 is 24.3 Å². The zero-order chi connectivity index (χ0) is 28.6. The molecule has 1 aromatic heterocycles. The van der Waals surface area contributed by atoms with Gasteiger partial charge in [0.25, 0.3) is 11.8 Å². The Balaban J connectivity index is 1.52. The van der Waals surface area contributed by atoms with Gasteiger partial charge in [0.2, 0.25) is 11.8 Å². The van der Waals surface area contributed by atoms with Crippen molar-refractivity contribution in [1.29, 1.82) is 0 Å². The van der Waals surface area contributed by atoms with Crippen molar-refractivity contribution in [2.75, 3.05) is 5.45 Å². The number of benzene rings is 1. The number of imide groups is 2. The number of likely N-dealkylation sites (tertiary alicyclic amines) is 2. The van der Waals surface area contributed by atoms with Gasteiger partial charge in [0.1, 0.15) is 5.75 Å². The van der Waals surface area contributed by atoms with Crippen LogP contribution in [0.3, 0.4) is 0 Å². The number of fused-ring (bicyclic) bond motifs is 4. The third kappa shape index (κ3) is 3.60. The van der Waals surface area contributed by atoms with Gasteiger partial charge in [-0.05, 0) is 42.2 Å². The highest BCUT2D eigenvalue weighted by atomic mass is 79.9. The Morgan fingerprint density at radius 2 is 1.85 bits per heavy atom. The lowest BCUT2D eigenvalue weighted by Gasteiger charge is -2.50. The van der Waals surface area contributed by atoms with E-state index in [1.54, 1.807) is 24.3 Å². The topological polar surface area (TPSA) is 95.0 Å². The number of hydrogen-bond acceptors (Lipinski definition) is 6. The Hall–Kier alpha value is -2.46. The summed E-state index contributed by atoms with van der Waals surface area (Å²) in [5, 5.41) is 13.3. The number of allylic oxidation sites excluding steroid dienone is 3. The number of halogens is 3. The first kappa shape index (κ1) is 27.7. The van der Waals surface area contributed by atoms with E-state index in [0.29, 0.717) is 23.1 Å². The lowest BCUT2D eigenvalue weighted by Crippen LogP contribution is -2.60. The van der Waals surface area contributed by atoms with E-state index in [9.17, 15) is 24.3 Å². The van der Waals surface area contributed by atoms with Gasteiger partial charge < -0.3 is 5.11 Å². The molecule has 2 saturated heterocycles. The van der Waals surface area contributed by atoms with Crippen LogP contribution in [0.1, 0.15) is 34.8 Å². The second-order valence-electron chi connectivity index (χ2n) is 10.7. The van der Waals surface area contributed by atoms with Crippen LogP contribution < -0.4 is 0 Å². The molecule has 0 unspecified atom stereocenters. The molecule has 1 aromatic carbocycles. The van der Waals surface area contributed by atoms with Crippen molar-refractivity contribution in [1.82, 2.24) is 9.80 Å². The molecule has 0 radical (unpaired) electrons. The first-order valence-electron chi connectivity index (χ1n) is 12.9. The van der Waals surface area contributed by atoms with Gasteiger partial charge in [0, 0.05) is 16.4 Å². The predicted octanol–water partition coefficient (Wildman–Crippen LogP) is 5.09. The number of alkyl halides is 3. The van der Waals surface area contributed by atoms with Crippen LogP contribution in [0, 0.1) is 17.8 Å². The van der Waals surface area contributed by atoms with Crippen molar-refractivity contribution in [3.8, 4) is 5.75 Å². The van der Waals surface area contributed by atoms with Gasteiger partial charge in [-0.25, -0.2) is 0 Å². The molecule has 0 bridgehead atoms. The molecular weight excluding hydrogens is 639 g/mol. The van der Waals surface area contributed by atoms with Gasteiger partial charge in [0.05, 0.1) is 23.8 Å². The van der Waals surface area contributed by atoms with Gasteiger partial charge in [-0.1, -0.05) is 57.9 Å². The second kappa shape index (κ2) is 9.82. The molecule has 3 fully saturated rings. The fourth-order valence-corrected chi connectivity index (χ4v) is 9.15. The highest BCUT2D eigenvalue weighted by Gasteiger charge is 2.76. The monoisotopic (exact) mass is 662 g/mol. The molecule has 7 nitrogen and oxygen atoms in total. The Labute approximate surface area is 253 Å². The molecule has 40 heavy (non-hydrogen) atoms. The van der Waals surface area contributed by atoms with Crippen LogP contribution in [0.4, 0.5) is 0 Å². The molecule has 1 N–H and O–H groups in total. The Morgan fingerprint density at radius 3 is 2.52 bits per heavy atom. The number of amides is 4. The molecule has 6 rings (SSSR count). The lowest BCUT2D eigenvalue weighted by atomic mass is 9.56. The maximum atomic E-state index is 13.9. The number of hydrogen-bond donors (Lipinski definition) is 1. The number of nitrogens with zero attached hydrogens (tertiary/aromatic N) is 2. The van der Waals surface area contributed by atoms with E-state index in [2.05, 4.69) is 22.5 Å². The van der Waals surface area contributed by atoms with E-state index in [4.69, 9.17) is 23.2 Å². The molecule has 2 aromatic rings. The van der Waals surface area contributed by atoms with Crippen LogP contribution in [-0.4, -0.2) is 53.7 Å². The van der Waals surface area contributed by atoms with Crippen LogP contribution in [-0.2, 0) is 32.1 Å². The van der Waals surface area contributed by atoms with Crippen molar-refractivity contribution in [3.05, 3.63) is 76.0 Å². The van der Waals surface area contributed by atoms with E-state index >= 15 is 0 Å². The average Bonchev–Trinajstić information content (AvgIpc) is 3.57. The molecule has 3 heterocycles. The Bertz CT molecular complexity index is 1500. The molecule has 2 aliphatic heterocycles. The zero-order valence-electron chi connectivity index (χ0n) is 21.2. The summed E-state index contributed by atoms with van der Waals surface area (Å²) >= 11 is 19.2. The smallest absolute Gasteiger partial charge is 0.254 e. The fourth-order valence-electron chi connectivity index (χ4n) is 7.04. The van der Waals surface area contributed by atoms with E-state index < -0.39 is 45.2 Å². The van der Waals surface area contributed by atoms with E-state index in [0.717, 1.165) is 9.78 Å². The normalized spacial score (nSPS) is 33.1. The summed E-state index contributed by atoms with van der Waals surface area (Å²) in [6.45, 7) is 3.94. The summed E-state index contributed by atoms with van der Waals surface area (Å²) in [4.78, 5) is 54.3. The van der Waals surface area contributed by atoms with Crippen molar-refractivity contribution in [2.45, 2.75) is 41.5 Å². The quantitative estimate of drug-likeness (QED) is 0.201. The van der Waals surface area contributed by atoms with Crippen LogP contribution >= 0.6 is 50.5 Å². The summed E-state index contributed by atoms with van der Waals surface area (Å²) in [7, 11) is 0. The zero-order valence-corrected chi connectivity index (χ0v) is 25.1. The standard InChI is InChI=1S/C29H25BrCl2N2O5S/c1-2-5-15-6-3-8-19(23(15)35)22-17-9-10-18-21(25(37)33(24(18)36)13-16-7-4-11-40-16)20(17)12-28(31)26(38)34(14-30)27(39)29(22,28)32/h2-4,6-9,11,18,20-22,35H,1,5,10,12-14H2/t18-,20+,21-,22+,28+,29-/m0/s1. The molecular formula is C29H25BrCl2N2O5S. The highest BCUT2D eigenvalue weighted by Crippen LogP contribution is 2.66. The van der Waals surface area contributed by atoms with Gasteiger partial charge in [0.15, 0.2) is 9.75 Å². The number of aromatic hydroxyl groups is 1. The van der Waals surface area contributed by atoms with E-state index in [-0.39, 0.29) is 42.4 Å². The van der Waals surface area contributed by atoms with E-state index in [1.807, 2.05) is 23.6 Å². The Kier molecular flexibility index (Phi) is 6.80. The average molecular weight is 664 g/mol. The first-order valence-corrected chi connectivity index (χ1v) is 15.6. The van der Waals surface area contributed by atoms with Gasteiger partial charge >= 0.3 is 0 Å². The minimum absolute atomic E-state index is 0.0687. The van der Waals surface area contributed by atoms with Crippen LogP contribution in [0.15, 0.2) is 60.0 Å². The number of carbonyl (C=O) groups excluding carboxylic acids is 4. The molecule has 208 valence electrons. The molecule has 4 aliphatic rings. The minimum atomic E-state index is -1.96. The summed E-state index contributed by atoms with van der Waals surface area (Å²) < 4.78 is 0. The number of para-hydroxylation sites is 1. The predicted molar refractivity (Wildman–Crippen MR) is 155 cm³/mol. The van der Waals surface area contributed by atoms with Crippen LogP contribution in [0.2, 0.25) is 0 Å². The van der Waals surface area contributed by atoms with E-state index in [1.165, 1.54) is 16.2 Å². The molecule has 1 saturated carbocycles. The number of carbonyl (C=O) groups is 4. The van der Waals surface area contributed by atoms with Crippen LogP contribution in [0.25, 0.3) is 0 Å². The third-order valence-electron chi connectivity index (χ3n) is 8.83. The Morgan fingerprint density at radius 1 is 1.07 bits per heavy atom. The SMILES string of the molecule is C=CCc1cccc([C@H]2C3=CC[C@@H]4C(=O)N(Cc5cccs5)C(=O)[C@@H]4[C@@H]3C[C@@]3(Cl)C(=O)N(CBr)C(=O)[C@@]23Cl)c1O. The summed E-state index contributed by atoms with van der Waals surface area (Å²) in [6.07, 6.45) is 4.07. The molecule has 6 atom stereocenters. The maximum Gasteiger partial charge on any atom is 0.254 e. The van der Waals surface area contributed by atoms with Gasteiger partial charge in [-0.15, -0.1) is 41.1 Å². The highest BCUT2D eigenvalue weighted by molar-refractivity contribution is 9.09. The summed E-state index contributed by atoms with van der Waals surface area (Å²) in [5.41, 5.74) is 1.46. The minimum Gasteiger partial charge on any atom is -0.507 e. The fraction of sp³-hybridized carbons (Fsp3) is 0.379. The molecule has 2 aliphatic carbocycles. The van der Waals surface area contributed by atoms with Crippen molar-refractivity contribution in [2.24, 2.45) is 17.8 Å². The van der Waals surface area contributed by atoms with Gasteiger partial charge in [-0.3, -0.25) is 29.0 Å². The number of phenolic OH excluding ortho intramolecular Hbond substituents is 1. The number of rotatable bonds is 6. The second-order valence-corrected chi connectivity index (χ2v) is 13.5. The van der Waals surface area contributed by atoms with Crippen molar-refractivity contribution in [3.63, 3.8) is 0 Å². The number of thiophene rings is 1.